The summed E-state index contributed by atoms with van der Waals surface area (Å²) < 4.78 is 42.3. The highest BCUT2D eigenvalue weighted by Crippen LogP contribution is 2.35. The molecule has 0 spiro atoms. The van der Waals surface area contributed by atoms with Crippen molar-refractivity contribution in [1.82, 2.24) is 4.98 Å². The highest BCUT2D eigenvalue weighted by molar-refractivity contribution is 7.13. The number of rotatable bonds is 2. The fourth-order valence-electron chi connectivity index (χ4n) is 1.77. The number of nitrogens with zero attached hydrogens (tertiary/aromatic N) is 1. The summed E-state index contributed by atoms with van der Waals surface area (Å²) in [5.74, 6) is -0.600. The van der Waals surface area contributed by atoms with Crippen molar-refractivity contribution in [1.29, 1.82) is 0 Å². The van der Waals surface area contributed by atoms with Gasteiger partial charge in [-0.1, -0.05) is 0 Å². The summed E-state index contributed by atoms with van der Waals surface area (Å²) >= 11 is 0.870. The zero-order valence-electron chi connectivity index (χ0n) is 11.1. The lowest BCUT2D eigenvalue weighted by molar-refractivity contribution is -0.140. The number of anilines is 1. The number of alkyl halides is 3. The molecule has 0 aliphatic rings. The summed E-state index contributed by atoms with van der Waals surface area (Å²) in [6, 6.07) is 2.91. The van der Waals surface area contributed by atoms with Gasteiger partial charge in [-0.05, 0) is 24.6 Å². The van der Waals surface area contributed by atoms with Gasteiger partial charge >= 0.3 is 12.1 Å². The van der Waals surface area contributed by atoms with Gasteiger partial charge in [-0.2, -0.15) is 13.2 Å². The fourth-order valence-corrected chi connectivity index (χ4v) is 2.68. The highest BCUT2D eigenvalue weighted by Gasteiger charge is 2.34. The van der Waals surface area contributed by atoms with Crippen LogP contribution in [0.5, 0.6) is 0 Å². The molecule has 0 aliphatic heterocycles. The van der Waals surface area contributed by atoms with Gasteiger partial charge in [-0.15, -0.1) is 11.3 Å². The van der Waals surface area contributed by atoms with E-state index in [1.807, 2.05) is 0 Å². The third kappa shape index (κ3) is 2.99. The van der Waals surface area contributed by atoms with Crippen LogP contribution in [0, 0.1) is 6.92 Å². The van der Waals surface area contributed by atoms with Crippen LogP contribution in [0.2, 0.25) is 0 Å². The standard InChI is InChI=1S/C13H11F3N2O2S/c1-6-3-8(12(19)20-2)9(17)4-7(6)11-18-10(5-21-11)13(14,15)16/h3-5H,17H2,1-2H3. The van der Waals surface area contributed by atoms with E-state index in [1.165, 1.54) is 19.2 Å². The van der Waals surface area contributed by atoms with Crippen molar-refractivity contribution < 1.29 is 22.7 Å². The molecule has 0 unspecified atom stereocenters. The molecule has 4 nitrogen and oxygen atoms in total. The number of carbonyl (C=O) groups is 1. The molecule has 8 heteroatoms. The van der Waals surface area contributed by atoms with Crippen LogP contribution in [0.15, 0.2) is 17.5 Å². The van der Waals surface area contributed by atoms with Gasteiger partial charge in [0.25, 0.3) is 0 Å². The first kappa shape index (κ1) is 15.3. The first-order valence-corrected chi connectivity index (χ1v) is 6.63. The lowest BCUT2D eigenvalue weighted by atomic mass is 10.0. The molecule has 0 bridgehead atoms. The van der Waals surface area contributed by atoms with Gasteiger partial charge < -0.3 is 10.5 Å². The number of ether oxygens (including phenoxy) is 1. The van der Waals surface area contributed by atoms with E-state index in [0.29, 0.717) is 11.1 Å². The smallest absolute Gasteiger partial charge is 0.434 e. The molecule has 1 heterocycles. The second-order valence-corrected chi connectivity index (χ2v) is 5.14. The zero-order chi connectivity index (χ0) is 15.8. The Labute approximate surface area is 122 Å². The van der Waals surface area contributed by atoms with Crippen molar-refractivity contribution in [3.8, 4) is 10.6 Å². The maximum atomic E-state index is 12.6. The normalized spacial score (nSPS) is 11.5. The van der Waals surface area contributed by atoms with Crippen molar-refractivity contribution in [3.63, 3.8) is 0 Å². The number of methoxy groups -OCH3 is 1. The molecule has 0 amide bonds. The van der Waals surface area contributed by atoms with Crippen molar-refractivity contribution in [2.45, 2.75) is 13.1 Å². The number of halogens is 3. The number of esters is 1. The van der Waals surface area contributed by atoms with Crippen LogP contribution in [0.1, 0.15) is 21.6 Å². The monoisotopic (exact) mass is 316 g/mol. The van der Waals surface area contributed by atoms with E-state index in [4.69, 9.17) is 5.73 Å². The number of aryl methyl sites for hydroxylation is 1. The van der Waals surface area contributed by atoms with Gasteiger partial charge in [0.05, 0.1) is 12.7 Å². The van der Waals surface area contributed by atoms with Crippen LogP contribution in [0.25, 0.3) is 10.6 Å². The minimum absolute atomic E-state index is 0.131. The molecule has 0 saturated carbocycles. The largest absolute Gasteiger partial charge is 0.465 e. The summed E-state index contributed by atoms with van der Waals surface area (Å²) in [5.41, 5.74) is 6.16. The summed E-state index contributed by atoms with van der Waals surface area (Å²) in [5, 5.41) is 1.14. The third-order valence-electron chi connectivity index (χ3n) is 2.83. The summed E-state index contributed by atoms with van der Waals surface area (Å²) in [4.78, 5) is 15.1. The van der Waals surface area contributed by atoms with Crippen molar-refractivity contribution in [3.05, 3.63) is 34.3 Å². The molecule has 0 radical (unpaired) electrons. The number of aromatic nitrogens is 1. The van der Waals surface area contributed by atoms with Gasteiger partial charge in [-0.25, -0.2) is 9.78 Å². The Morgan fingerprint density at radius 2 is 2.05 bits per heavy atom. The molecule has 2 rings (SSSR count). The number of carbonyl (C=O) groups excluding carboxylic acids is 1. The first-order valence-electron chi connectivity index (χ1n) is 5.75. The SMILES string of the molecule is COC(=O)c1cc(C)c(-c2nc(C(F)(F)F)cs2)cc1N. The van der Waals surface area contributed by atoms with Crippen LogP contribution < -0.4 is 5.73 Å². The number of nitrogen functional groups attached to an aromatic ring is 1. The minimum Gasteiger partial charge on any atom is -0.465 e. The van der Waals surface area contributed by atoms with Gasteiger partial charge in [0, 0.05) is 16.6 Å². The minimum atomic E-state index is -4.49. The van der Waals surface area contributed by atoms with E-state index in [0.717, 1.165) is 16.7 Å². The molecule has 1 aromatic heterocycles. The Hall–Kier alpha value is -2.09. The molecule has 0 atom stereocenters. The topological polar surface area (TPSA) is 65.2 Å². The third-order valence-corrected chi connectivity index (χ3v) is 3.70. The number of nitrogens with two attached hydrogens (primary N) is 1. The average molecular weight is 316 g/mol. The highest BCUT2D eigenvalue weighted by atomic mass is 32.1. The van der Waals surface area contributed by atoms with E-state index in [2.05, 4.69) is 9.72 Å². The number of thiazole rings is 1. The fraction of sp³-hybridized carbons (Fsp3) is 0.231. The molecular formula is C13H11F3N2O2S. The quantitative estimate of drug-likeness (QED) is 0.680. The maximum absolute atomic E-state index is 12.6. The Morgan fingerprint density at radius 1 is 1.38 bits per heavy atom. The van der Waals surface area contributed by atoms with Crippen LogP contribution in [0.4, 0.5) is 18.9 Å². The second-order valence-electron chi connectivity index (χ2n) is 4.28. The van der Waals surface area contributed by atoms with E-state index in [1.54, 1.807) is 6.92 Å². The Balaban J connectivity index is 2.48. The van der Waals surface area contributed by atoms with Crippen molar-refractivity contribution in [2.24, 2.45) is 0 Å². The van der Waals surface area contributed by atoms with E-state index in [-0.39, 0.29) is 16.3 Å². The van der Waals surface area contributed by atoms with Crippen LogP contribution in [-0.2, 0) is 10.9 Å². The Bertz CT molecular complexity index is 695. The van der Waals surface area contributed by atoms with E-state index >= 15 is 0 Å². The molecule has 0 saturated heterocycles. The molecule has 2 N–H and O–H groups in total. The number of hydrogen-bond donors (Lipinski definition) is 1. The number of benzene rings is 1. The van der Waals surface area contributed by atoms with Crippen molar-refractivity contribution >= 4 is 23.0 Å². The van der Waals surface area contributed by atoms with Crippen LogP contribution in [0.3, 0.4) is 0 Å². The van der Waals surface area contributed by atoms with Gasteiger partial charge in [0.1, 0.15) is 5.01 Å². The molecule has 0 fully saturated rings. The van der Waals surface area contributed by atoms with Gasteiger partial charge in [-0.3, -0.25) is 0 Å². The Morgan fingerprint density at radius 3 is 2.57 bits per heavy atom. The van der Waals surface area contributed by atoms with Crippen LogP contribution in [-0.4, -0.2) is 18.1 Å². The van der Waals surface area contributed by atoms with E-state index in [9.17, 15) is 18.0 Å². The maximum Gasteiger partial charge on any atom is 0.434 e. The summed E-state index contributed by atoms with van der Waals surface area (Å²) in [6.07, 6.45) is -4.49. The predicted octanol–water partition coefficient (Wildman–Crippen LogP) is 3.51. The lowest BCUT2D eigenvalue weighted by Crippen LogP contribution is -2.07. The van der Waals surface area contributed by atoms with Gasteiger partial charge in [0.2, 0.25) is 0 Å². The molecule has 1 aromatic carbocycles. The molecular weight excluding hydrogens is 305 g/mol. The van der Waals surface area contributed by atoms with E-state index < -0.39 is 17.8 Å². The van der Waals surface area contributed by atoms with Crippen molar-refractivity contribution in [2.75, 3.05) is 12.8 Å². The lowest BCUT2D eigenvalue weighted by Gasteiger charge is -2.09. The predicted molar refractivity (Wildman–Crippen MR) is 73.0 cm³/mol. The van der Waals surface area contributed by atoms with Gasteiger partial charge in [0.15, 0.2) is 5.69 Å². The Kier molecular flexibility index (Phi) is 3.91. The first-order chi connectivity index (χ1) is 9.74. The zero-order valence-corrected chi connectivity index (χ0v) is 11.9. The molecule has 21 heavy (non-hydrogen) atoms. The van der Waals surface area contributed by atoms with Crippen LogP contribution >= 0.6 is 11.3 Å². The summed E-state index contributed by atoms with van der Waals surface area (Å²) in [6.45, 7) is 1.66. The molecule has 2 aromatic rings. The molecule has 0 aliphatic carbocycles. The second kappa shape index (κ2) is 5.36. The molecule has 112 valence electrons. The number of hydrogen-bond acceptors (Lipinski definition) is 5. The summed E-state index contributed by atoms with van der Waals surface area (Å²) in [7, 11) is 1.22. The average Bonchev–Trinajstić information content (AvgIpc) is 2.89.